The van der Waals surface area contributed by atoms with E-state index in [0.717, 1.165) is 11.4 Å². The summed E-state index contributed by atoms with van der Waals surface area (Å²) in [4.78, 5) is 7.26. The van der Waals surface area contributed by atoms with Crippen molar-refractivity contribution in [3.8, 4) is 0 Å². The minimum atomic E-state index is -0.561. The van der Waals surface area contributed by atoms with Crippen molar-refractivity contribution >= 4 is 11.5 Å². The molecule has 0 fully saturated rings. The van der Waals surface area contributed by atoms with E-state index in [1.54, 1.807) is 10.9 Å². The summed E-state index contributed by atoms with van der Waals surface area (Å²) in [5.74, 6) is -0.146. The number of rotatable bonds is 2. The lowest BCUT2D eigenvalue weighted by atomic mass is 10.4. The number of hydrogen-bond acceptors (Lipinski definition) is 4. The molecule has 0 saturated heterocycles. The Bertz CT molecular complexity index is 479. The first-order chi connectivity index (χ1) is 7.15. The minimum Gasteiger partial charge on any atom is -0.337 e. The lowest BCUT2D eigenvalue weighted by Gasteiger charge is -2.02. The average molecular weight is 207 g/mol. The van der Waals surface area contributed by atoms with E-state index in [1.807, 2.05) is 14.0 Å². The molecule has 0 spiro atoms. The molecule has 78 valence electrons. The van der Waals surface area contributed by atoms with E-state index in [2.05, 4.69) is 20.4 Å². The van der Waals surface area contributed by atoms with Crippen LogP contribution in [0.1, 0.15) is 5.69 Å². The van der Waals surface area contributed by atoms with Gasteiger partial charge in [0, 0.05) is 19.3 Å². The number of nitrogens with zero attached hydrogens (tertiary/aromatic N) is 4. The molecule has 0 atom stereocenters. The molecular formula is C9H10FN5. The maximum atomic E-state index is 12.8. The van der Waals surface area contributed by atoms with Crippen molar-refractivity contribution in [3.63, 3.8) is 0 Å². The van der Waals surface area contributed by atoms with E-state index in [0.29, 0.717) is 5.82 Å². The predicted octanol–water partition coefficient (Wildman–Crippen LogP) is 1.40. The van der Waals surface area contributed by atoms with Crippen LogP contribution in [0, 0.1) is 12.9 Å². The standard InChI is InChI=1S/C9H10FN5/c1-6-7(4-15(2)14-6)13-9-3-8(10)11-5-12-9/h3-5H,1-2H3,(H,11,12,13). The third kappa shape index (κ3) is 2.09. The summed E-state index contributed by atoms with van der Waals surface area (Å²) in [7, 11) is 1.82. The van der Waals surface area contributed by atoms with Gasteiger partial charge in [-0.1, -0.05) is 0 Å². The summed E-state index contributed by atoms with van der Waals surface area (Å²) in [6.07, 6.45) is 2.97. The first-order valence-electron chi connectivity index (χ1n) is 4.40. The van der Waals surface area contributed by atoms with Gasteiger partial charge in [-0.15, -0.1) is 0 Å². The number of nitrogens with one attached hydrogen (secondary N) is 1. The van der Waals surface area contributed by atoms with Gasteiger partial charge in [0.05, 0.1) is 11.4 Å². The third-order valence-corrected chi connectivity index (χ3v) is 1.91. The quantitative estimate of drug-likeness (QED) is 0.756. The van der Waals surface area contributed by atoms with E-state index in [-0.39, 0.29) is 0 Å². The zero-order valence-corrected chi connectivity index (χ0v) is 8.40. The molecule has 2 heterocycles. The van der Waals surface area contributed by atoms with Gasteiger partial charge in [-0.3, -0.25) is 4.68 Å². The van der Waals surface area contributed by atoms with E-state index in [1.165, 1.54) is 12.4 Å². The Kier molecular flexibility index (Phi) is 2.32. The molecular weight excluding hydrogens is 197 g/mol. The number of halogens is 1. The smallest absolute Gasteiger partial charge is 0.218 e. The molecule has 0 aliphatic heterocycles. The van der Waals surface area contributed by atoms with E-state index in [4.69, 9.17) is 0 Å². The van der Waals surface area contributed by atoms with Crippen molar-refractivity contribution < 1.29 is 4.39 Å². The van der Waals surface area contributed by atoms with Gasteiger partial charge in [-0.25, -0.2) is 9.97 Å². The second-order valence-electron chi connectivity index (χ2n) is 3.15. The number of aromatic nitrogens is 4. The molecule has 0 aromatic carbocycles. The normalized spacial score (nSPS) is 10.3. The second-order valence-corrected chi connectivity index (χ2v) is 3.15. The number of aryl methyl sites for hydroxylation is 2. The summed E-state index contributed by atoms with van der Waals surface area (Å²) in [5.41, 5.74) is 1.63. The van der Waals surface area contributed by atoms with Crippen LogP contribution < -0.4 is 5.32 Å². The Balaban J connectivity index is 2.25. The van der Waals surface area contributed by atoms with Crippen LogP contribution in [0.2, 0.25) is 0 Å². The van der Waals surface area contributed by atoms with Gasteiger partial charge >= 0.3 is 0 Å². The molecule has 0 saturated carbocycles. The zero-order valence-electron chi connectivity index (χ0n) is 8.40. The average Bonchev–Trinajstić information content (AvgIpc) is 2.45. The SMILES string of the molecule is Cc1nn(C)cc1Nc1cc(F)ncn1. The maximum Gasteiger partial charge on any atom is 0.218 e. The number of hydrogen-bond donors (Lipinski definition) is 1. The Morgan fingerprint density at radius 2 is 2.20 bits per heavy atom. The lowest BCUT2D eigenvalue weighted by Crippen LogP contribution is -1.95. The third-order valence-electron chi connectivity index (χ3n) is 1.91. The summed E-state index contributed by atoms with van der Waals surface area (Å²) >= 11 is 0. The van der Waals surface area contributed by atoms with Crippen LogP contribution in [0.5, 0.6) is 0 Å². The number of anilines is 2. The Hall–Kier alpha value is -1.98. The fraction of sp³-hybridized carbons (Fsp3) is 0.222. The first-order valence-corrected chi connectivity index (χ1v) is 4.40. The lowest BCUT2D eigenvalue weighted by molar-refractivity contribution is 0.580. The summed E-state index contributed by atoms with van der Waals surface area (Å²) < 4.78 is 14.4. The second kappa shape index (κ2) is 3.64. The van der Waals surface area contributed by atoms with Gasteiger partial charge in [-0.05, 0) is 6.92 Å². The van der Waals surface area contributed by atoms with Crippen molar-refractivity contribution in [2.45, 2.75) is 6.92 Å². The molecule has 0 bridgehead atoms. The van der Waals surface area contributed by atoms with Crippen LogP contribution in [-0.4, -0.2) is 19.7 Å². The highest BCUT2D eigenvalue weighted by Crippen LogP contribution is 2.16. The van der Waals surface area contributed by atoms with Crippen LogP contribution >= 0.6 is 0 Å². The molecule has 0 amide bonds. The summed E-state index contributed by atoms with van der Waals surface area (Å²) in [6, 6.07) is 1.23. The largest absolute Gasteiger partial charge is 0.337 e. The van der Waals surface area contributed by atoms with Crippen molar-refractivity contribution in [1.82, 2.24) is 19.7 Å². The van der Waals surface area contributed by atoms with Gasteiger partial charge in [-0.2, -0.15) is 9.49 Å². The van der Waals surface area contributed by atoms with Gasteiger partial charge < -0.3 is 5.32 Å². The highest BCUT2D eigenvalue weighted by atomic mass is 19.1. The van der Waals surface area contributed by atoms with Crippen molar-refractivity contribution in [2.75, 3.05) is 5.32 Å². The Morgan fingerprint density at radius 3 is 2.80 bits per heavy atom. The van der Waals surface area contributed by atoms with E-state index < -0.39 is 5.95 Å². The molecule has 0 aliphatic rings. The Labute approximate surface area is 86.0 Å². The van der Waals surface area contributed by atoms with Crippen LogP contribution in [-0.2, 0) is 7.05 Å². The van der Waals surface area contributed by atoms with Gasteiger partial charge in [0.1, 0.15) is 12.1 Å². The molecule has 15 heavy (non-hydrogen) atoms. The fourth-order valence-electron chi connectivity index (χ4n) is 1.26. The maximum absolute atomic E-state index is 12.8. The predicted molar refractivity (Wildman–Crippen MR) is 53.2 cm³/mol. The highest BCUT2D eigenvalue weighted by molar-refractivity contribution is 5.56. The first kappa shape index (κ1) is 9.57. The van der Waals surface area contributed by atoms with Crippen LogP contribution in [0.15, 0.2) is 18.6 Å². The molecule has 0 radical (unpaired) electrons. The topological polar surface area (TPSA) is 55.6 Å². The molecule has 2 aromatic rings. The minimum absolute atomic E-state index is 0.415. The molecule has 0 unspecified atom stereocenters. The van der Waals surface area contributed by atoms with Gasteiger partial charge in [0.2, 0.25) is 5.95 Å². The molecule has 2 aromatic heterocycles. The molecule has 6 heteroatoms. The van der Waals surface area contributed by atoms with Crippen molar-refractivity contribution in [3.05, 3.63) is 30.2 Å². The van der Waals surface area contributed by atoms with Crippen LogP contribution in [0.3, 0.4) is 0 Å². The zero-order chi connectivity index (χ0) is 10.8. The van der Waals surface area contributed by atoms with Gasteiger partial charge in [0.15, 0.2) is 0 Å². The van der Waals surface area contributed by atoms with Crippen LogP contribution in [0.4, 0.5) is 15.9 Å². The summed E-state index contributed by atoms with van der Waals surface area (Å²) in [6.45, 7) is 1.86. The van der Waals surface area contributed by atoms with Crippen molar-refractivity contribution in [2.24, 2.45) is 7.05 Å². The van der Waals surface area contributed by atoms with E-state index in [9.17, 15) is 4.39 Å². The van der Waals surface area contributed by atoms with Gasteiger partial charge in [0.25, 0.3) is 0 Å². The molecule has 0 aliphatic carbocycles. The fourth-order valence-corrected chi connectivity index (χ4v) is 1.26. The Morgan fingerprint density at radius 1 is 1.40 bits per heavy atom. The molecule has 1 N–H and O–H groups in total. The molecule has 2 rings (SSSR count). The van der Waals surface area contributed by atoms with E-state index >= 15 is 0 Å². The summed E-state index contributed by atoms with van der Waals surface area (Å²) in [5, 5.41) is 7.11. The van der Waals surface area contributed by atoms with Crippen molar-refractivity contribution in [1.29, 1.82) is 0 Å². The highest BCUT2D eigenvalue weighted by Gasteiger charge is 2.04. The molecule has 5 nitrogen and oxygen atoms in total. The monoisotopic (exact) mass is 207 g/mol. The van der Waals surface area contributed by atoms with Crippen LogP contribution in [0.25, 0.3) is 0 Å².